The molecule has 0 aliphatic heterocycles. The van der Waals surface area contributed by atoms with Crippen LogP contribution in [0.2, 0.25) is 0 Å². The van der Waals surface area contributed by atoms with E-state index in [0.29, 0.717) is 12.2 Å². The molecule has 0 saturated carbocycles. The number of nitrogens with one attached hydrogen (secondary N) is 1. The summed E-state index contributed by atoms with van der Waals surface area (Å²) in [7, 11) is 0. The Morgan fingerprint density at radius 1 is 1.00 bits per heavy atom. The molecule has 1 atom stereocenters. The molecule has 0 unspecified atom stereocenters. The fourth-order valence-electron chi connectivity index (χ4n) is 2.10. The maximum absolute atomic E-state index is 12.0. The molecule has 2 N–H and O–H groups in total. The van der Waals surface area contributed by atoms with Gasteiger partial charge < -0.3 is 10.4 Å². The van der Waals surface area contributed by atoms with Gasteiger partial charge in [-0.3, -0.25) is 4.79 Å². The molecule has 5 heteroatoms. The summed E-state index contributed by atoms with van der Waals surface area (Å²) in [5, 5.41) is 11.9. The summed E-state index contributed by atoms with van der Waals surface area (Å²) in [4.78, 5) is 24.4. The number of hydrogen-bond acceptors (Lipinski definition) is 3. The van der Waals surface area contributed by atoms with Crippen molar-refractivity contribution in [1.29, 1.82) is 0 Å². The van der Waals surface area contributed by atoms with Gasteiger partial charge in [0.25, 0.3) is 0 Å². The zero-order valence-electron chi connectivity index (χ0n) is 12.6. The van der Waals surface area contributed by atoms with Gasteiger partial charge in [-0.15, -0.1) is 11.8 Å². The van der Waals surface area contributed by atoms with E-state index >= 15 is 0 Å². The van der Waals surface area contributed by atoms with Gasteiger partial charge in [0.2, 0.25) is 5.91 Å². The minimum Gasteiger partial charge on any atom is -0.480 e. The highest BCUT2D eigenvalue weighted by atomic mass is 32.2. The largest absolute Gasteiger partial charge is 0.480 e. The number of amides is 1. The monoisotopic (exact) mass is 329 g/mol. The van der Waals surface area contributed by atoms with E-state index in [1.165, 1.54) is 0 Å². The normalized spacial score (nSPS) is 11.7. The lowest BCUT2D eigenvalue weighted by atomic mass is 10.1. The number of benzene rings is 2. The van der Waals surface area contributed by atoms with Crippen LogP contribution >= 0.6 is 11.8 Å². The minimum absolute atomic E-state index is 0.191. The maximum atomic E-state index is 12.0. The Morgan fingerprint density at radius 2 is 1.61 bits per heavy atom. The van der Waals surface area contributed by atoms with Crippen LogP contribution in [0.15, 0.2) is 65.6 Å². The molecular weight excluding hydrogens is 310 g/mol. The van der Waals surface area contributed by atoms with Crippen LogP contribution in [0, 0.1) is 0 Å². The van der Waals surface area contributed by atoms with E-state index in [-0.39, 0.29) is 12.3 Å². The van der Waals surface area contributed by atoms with E-state index in [0.717, 1.165) is 10.5 Å². The van der Waals surface area contributed by atoms with E-state index in [9.17, 15) is 14.7 Å². The van der Waals surface area contributed by atoms with Gasteiger partial charge in [0, 0.05) is 10.6 Å². The molecule has 0 aliphatic rings. The summed E-state index contributed by atoms with van der Waals surface area (Å²) < 4.78 is 0. The van der Waals surface area contributed by atoms with Crippen LogP contribution in [0.1, 0.15) is 12.0 Å². The second-order valence-electron chi connectivity index (χ2n) is 5.07. The Bertz CT molecular complexity index is 631. The summed E-state index contributed by atoms with van der Waals surface area (Å²) in [5.41, 5.74) is 0.868. The number of aliphatic carboxylic acids is 1. The van der Waals surface area contributed by atoms with Crippen LogP contribution in [-0.4, -0.2) is 28.8 Å². The summed E-state index contributed by atoms with van der Waals surface area (Å²) in [6.07, 6.45) is 0.575. The van der Waals surface area contributed by atoms with Gasteiger partial charge in [-0.05, 0) is 24.1 Å². The molecule has 23 heavy (non-hydrogen) atoms. The summed E-state index contributed by atoms with van der Waals surface area (Å²) >= 11 is 1.58. The van der Waals surface area contributed by atoms with E-state index < -0.39 is 12.0 Å². The molecule has 2 rings (SSSR count). The molecule has 1 amide bonds. The van der Waals surface area contributed by atoms with Gasteiger partial charge in [-0.2, -0.15) is 0 Å². The van der Waals surface area contributed by atoms with Crippen molar-refractivity contribution in [3.05, 3.63) is 66.2 Å². The lowest BCUT2D eigenvalue weighted by molar-refractivity contribution is -0.141. The summed E-state index contributed by atoms with van der Waals surface area (Å²) in [6.45, 7) is 0. The Kier molecular flexibility index (Phi) is 6.69. The summed E-state index contributed by atoms with van der Waals surface area (Å²) in [6, 6.07) is 18.2. The first-order chi connectivity index (χ1) is 11.1. The lowest BCUT2D eigenvalue weighted by Gasteiger charge is -2.14. The van der Waals surface area contributed by atoms with E-state index in [1.807, 2.05) is 60.7 Å². The third kappa shape index (κ3) is 6.16. The number of hydrogen-bond donors (Lipinski definition) is 2. The van der Waals surface area contributed by atoms with Crippen LogP contribution in [0.3, 0.4) is 0 Å². The zero-order valence-corrected chi connectivity index (χ0v) is 13.5. The molecule has 2 aromatic rings. The number of carbonyl (C=O) groups excluding carboxylic acids is 1. The van der Waals surface area contributed by atoms with Crippen molar-refractivity contribution < 1.29 is 14.7 Å². The molecule has 0 aliphatic carbocycles. The topological polar surface area (TPSA) is 66.4 Å². The second kappa shape index (κ2) is 9.00. The molecule has 0 spiro atoms. The highest BCUT2D eigenvalue weighted by Gasteiger charge is 2.19. The molecule has 0 aromatic heterocycles. The van der Waals surface area contributed by atoms with Crippen molar-refractivity contribution in [2.75, 3.05) is 5.75 Å². The van der Waals surface area contributed by atoms with Crippen LogP contribution in [-0.2, 0) is 16.0 Å². The van der Waals surface area contributed by atoms with Gasteiger partial charge in [-0.1, -0.05) is 48.5 Å². The third-order valence-electron chi connectivity index (χ3n) is 3.26. The quantitative estimate of drug-likeness (QED) is 0.731. The fraction of sp³-hybridized carbons (Fsp3) is 0.222. The molecule has 0 saturated heterocycles. The van der Waals surface area contributed by atoms with Gasteiger partial charge in [0.15, 0.2) is 0 Å². The SMILES string of the molecule is O=C(Cc1ccccc1)N[C@@H](CCSc1ccccc1)C(=O)O. The van der Waals surface area contributed by atoms with Crippen molar-refractivity contribution in [2.24, 2.45) is 0 Å². The first kappa shape index (κ1) is 17.1. The molecule has 0 radical (unpaired) electrons. The molecule has 4 nitrogen and oxygen atoms in total. The molecular formula is C18H19NO3S. The van der Waals surface area contributed by atoms with E-state index in [1.54, 1.807) is 11.8 Å². The van der Waals surface area contributed by atoms with Crippen molar-refractivity contribution in [3.63, 3.8) is 0 Å². The zero-order chi connectivity index (χ0) is 16.5. The Hall–Kier alpha value is -2.27. The maximum Gasteiger partial charge on any atom is 0.326 e. The van der Waals surface area contributed by atoms with Crippen LogP contribution in [0.4, 0.5) is 0 Å². The van der Waals surface area contributed by atoms with Crippen molar-refractivity contribution in [3.8, 4) is 0 Å². The Labute approximate surface area is 139 Å². The number of rotatable bonds is 8. The van der Waals surface area contributed by atoms with E-state index in [2.05, 4.69) is 5.32 Å². The Morgan fingerprint density at radius 3 is 2.22 bits per heavy atom. The van der Waals surface area contributed by atoms with Crippen LogP contribution in [0.25, 0.3) is 0 Å². The van der Waals surface area contributed by atoms with Crippen LogP contribution in [0.5, 0.6) is 0 Å². The van der Waals surface area contributed by atoms with Crippen molar-refractivity contribution >= 4 is 23.6 Å². The number of carboxylic acids is 1. The highest BCUT2D eigenvalue weighted by molar-refractivity contribution is 7.99. The highest BCUT2D eigenvalue weighted by Crippen LogP contribution is 2.18. The van der Waals surface area contributed by atoms with Crippen LogP contribution < -0.4 is 5.32 Å². The smallest absolute Gasteiger partial charge is 0.326 e. The summed E-state index contributed by atoms with van der Waals surface area (Å²) in [5.74, 6) is -0.638. The molecule has 0 fully saturated rings. The fourth-order valence-corrected chi connectivity index (χ4v) is 3.03. The van der Waals surface area contributed by atoms with Gasteiger partial charge >= 0.3 is 5.97 Å². The second-order valence-corrected chi connectivity index (χ2v) is 6.24. The first-order valence-electron chi connectivity index (χ1n) is 7.39. The predicted octanol–water partition coefficient (Wildman–Crippen LogP) is 2.98. The standard InChI is InChI=1S/C18H19NO3S/c20-17(13-14-7-3-1-4-8-14)19-16(18(21)22)11-12-23-15-9-5-2-6-10-15/h1-10,16H,11-13H2,(H,19,20)(H,21,22)/t16-/m0/s1. The number of carbonyl (C=O) groups is 2. The minimum atomic E-state index is -1.000. The lowest BCUT2D eigenvalue weighted by Crippen LogP contribution is -2.41. The van der Waals surface area contributed by atoms with Crippen molar-refractivity contribution in [2.45, 2.75) is 23.8 Å². The molecule has 0 bridgehead atoms. The van der Waals surface area contributed by atoms with Crippen molar-refractivity contribution in [1.82, 2.24) is 5.32 Å². The molecule has 0 heterocycles. The average Bonchev–Trinajstić information content (AvgIpc) is 2.55. The average molecular weight is 329 g/mol. The molecule has 120 valence electrons. The number of thioether (sulfide) groups is 1. The first-order valence-corrected chi connectivity index (χ1v) is 8.37. The van der Waals surface area contributed by atoms with Gasteiger partial charge in [0.05, 0.1) is 6.42 Å². The Balaban J connectivity index is 1.81. The van der Waals surface area contributed by atoms with Gasteiger partial charge in [0.1, 0.15) is 6.04 Å². The molecule has 2 aromatic carbocycles. The third-order valence-corrected chi connectivity index (χ3v) is 4.30. The van der Waals surface area contributed by atoms with E-state index in [4.69, 9.17) is 0 Å². The predicted molar refractivity (Wildman–Crippen MR) is 91.5 cm³/mol. The van der Waals surface area contributed by atoms with Gasteiger partial charge in [-0.25, -0.2) is 4.79 Å². The number of carboxylic acid groups (broad SMARTS) is 1.